The molecule has 0 atom stereocenters. The Labute approximate surface area is 246 Å². The predicted molar refractivity (Wildman–Crippen MR) is 163 cm³/mol. The van der Waals surface area contributed by atoms with Crippen LogP contribution in [0.4, 0.5) is 0 Å². The number of H-pyrrole nitrogens is 1. The maximum atomic E-state index is 13.3. The molecule has 0 saturated carbocycles. The summed E-state index contributed by atoms with van der Waals surface area (Å²) in [5.74, 6) is -0.457. The molecule has 1 amide bonds. The lowest BCUT2D eigenvalue weighted by Crippen LogP contribution is -2.19. The lowest BCUT2D eigenvalue weighted by molar-refractivity contribution is 0.0728. The molecule has 206 valence electrons. The number of aromatic amines is 1. The number of aryl methyl sites for hydroxylation is 1. The van der Waals surface area contributed by atoms with Crippen LogP contribution in [0.2, 0.25) is 10.0 Å². The second-order valence-electron chi connectivity index (χ2n) is 9.06. The van der Waals surface area contributed by atoms with E-state index < -0.39 is 11.9 Å². The summed E-state index contributed by atoms with van der Waals surface area (Å²) in [4.78, 5) is 29.2. The number of aromatic nitrogens is 1. The summed E-state index contributed by atoms with van der Waals surface area (Å²) in [6.07, 6.45) is 1.48. The van der Waals surface area contributed by atoms with Crippen molar-refractivity contribution in [2.45, 2.75) is 13.8 Å². The van der Waals surface area contributed by atoms with E-state index in [0.29, 0.717) is 34.2 Å². The smallest absolute Gasteiger partial charge is 0.345 e. The first-order valence-electron chi connectivity index (χ1n) is 12.8. The summed E-state index contributed by atoms with van der Waals surface area (Å²) in [7, 11) is 0. The van der Waals surface area contributed by atoms with Crippen molar-refractivity contribution in [2.24, 2.45) is 5.10 Å². The third kappa shape index (κ3) is 5.96. The van der Waals surface area contributed by atoms with Gasteiger partial charge in [-0.05, 0) is 61.4 Å². The second-order valence-corrected chi connectivity index (χ2v) is 9.87. The van der Waals surface area contributed by atoms with Crippen LogP contribution < -0.4 is 14.9 Å². The molecule has 0 unspecified atom stereocenters. The third-order valence-corrected chi connectivity index (χ3v) is 7.02. The molecule has 9 heteroatoms. The van der Waals surface area contributed by atoms with E-state index in [1.54, 1.807) is 48.5 Å². The van der Waals surface area contributed by atoms with Gasteiger partial charge in [0.1, 0.15) is 5.69 Å². The number of hydrazone groups is 1. The lowest BCUT2D eigenvalue weighted by atomic mass is 10.0. The highest BCUT2D eigenvalue weighted by atomic mass is 35.5. The topological polar surface area (TPSA) is 92.8 Å². The van der Waals surface area contributed by atoms with E-state index in [0.717, 1.165) is 22.0 Å². The molecule has 0 aliphatic rings. The molecule has 0 aliphatic heterocycles. The number of nitrogens with zero attached hydrogens (tertiary/aromatic N) is 1. The minimum absolute atomic E-state index is 0.232. The average molecular weight is 586 g/mol. The maximum absolute atomic E-state index is 13.3. The fourth-order valence-electron chi connectivity index (χ4n) is 4.44. The summed E-state index contributed by atoms with van der Waals surface area (Å²) in [6.45, 7) is 4.14. The zero-order valence-electron chi connectivity index (χ0n) is 22.2. The van der Waals surface area contributed by atoms with Gasteiger partial charge in [-0.25, -0.2) is 10.2 Å². The number of fused-ring (bicyclic) bond motifs is 1. The first kappa shape index (κ1) is 28.0. The van der Waals surface area contributed by atoms with Crippen LogP contribution in [0, 0.1) is 6.92 Å². The van der Waals surface area contributed by atoms with Crippen LogP contribution in [0.15, 0.2) is 90.0 Å². The van der Waals surface area contributed by atoms with Crippen LogP contribution in [0.25, 0.3) is 22.0 Å². The predicted octanol–water partition coefficient (Wildman–Crippen LogP) is 7.83. The van der Waals surface area contributed by atoms with Gasteiger partial charge >= 0.3 is 5.97 Å². The molecule has 0 saturated heterocycles. The highest BCUT2D eigenvalue weighted by Crippen LogP contribution is 2.37. The van der Waals surface area contributed by atoms with Crippen LogP contribution in [0.5, 0.6) is 11.5 Å². The number of ether oxygens (including phenoxy) is 2. The van der Waals surface area contributed by atoms with Gasteiger partial charge in [0.2, 0.25) is 0 Å². The van der Waals surface area contributed by atoms with Gasteiger partial charge in [0.25, 0.3) is 5.91 Å². The first-order chi connectivity index (χ1) is 19.9. The molecule has 0 spiro atoms. The van der Waals surface area contributed by atoms with Crippen molar-refractivity contribution in [3.63, 3.8) is 0 Å². The highest BCUT2D eigenvalue weighted by Gasteiger charge is 2.21. The lowest BCUT2D eigenvalue weighted by Gasteiger charge is -2.12. The quantitative estimate of drug-likeness (QED) is 0.0839. The summed E-state index contributed by atoms with van der Waals surface area (Å²) in [5.41, 5.74) is 7.09. The molecule has 0 aliphatic carbocycles. The van der Waals surface area contributed by atoms with Gasteiger partial charge < -0.3 is 14.5 Å². The van der Waals surface area contributed by atoms with Crippen molar-refractivity contribution in [1.82, 2.24) is 10.4 Å². The monoisotopic (exact) mass is 585 g/mol. The normalized spacial score (nSPS) is 11.1. The fourth-order valence-corrected chi connectivity index (χ4v) is 4.88. The molecule has 0 radical (unpaired) electrons. The molecule has 0 bridgehead atoms. The van der Waals surface area contributed by atoms with E-state index in [2.05, 4.69) is 15.5 Å². The van der Waals surface area contributed by atoms with E-state index >= 15 is 0 Å². The molecule has 5 rings (SSSR count). The van der Waals surface area contributed by atoms with E-state index in [4.69, 9.17) is 32.7 Å². The number of carbonyl (C=O) groups is 2. The van der Waals surface area contributed by atoms with Crippen molar-refractivity contribution in [3.05, 3.63) is 117 Å². The first-order valence-corrected chi connectivity index (χ1v) is 13.6. The molecule has 4 aromatic carbocycles. The Morgan fingerprint density at radius 1 is 0.927 bits per heavy atom. The number of hydrogen-bond donors (Lipinski definition) is 2. The zero-order chi connectivity index (χ0) is 28.9. The summed E-state index contributed by atoms with van der Waals surface area (Å²) in [6, 6.07) is 24.8. The Morgan fingerprint density at radius 2 is 1.68 bits per heavy atom. The molecule has 5 aromatic rings. The number of rotatable bonds is 8. The summed E-state index contributed by atoms with van der Waals surface area (Å²) < 4.78 is 11.2. The van der Waals surface area contributed by atoms with Gasteiger partial charge in [-0.2, -0.15) is 5.10 Å². The van der Waals surface area contributed by atoms with Crippen LogP contribution in [-0.4, -0.2) is 29.7 Å². The Bertz CT molecular complexity index is 1800. The minimum atomic E-state index is -0.604. The van der Waals surface area contributed by atoms with Crippen molar-refractivity contribution >= 4 is 52.2 Å². The number of halogens is 2. The van der Waals surface area contributed by atoms with Crippen molar-refractivity contribution < 1.29 is 19.1 Å². The van der Waals surface area contributed by atoms with Crippen molar-refractivity contribution in [2.75, 3.05) is 6.61 Å². The third-order valence-electron chi connectivity index (χ3n) is 6.36. The Morgan fingerprint density at radius 3 is 2.44 bits per heavy atom. The van der Waals surface area contributed by atoms with Crippen LogP contribution in [0.3, 0.4) is 0 Å². The molecule has 1 heterocycles. The van der Waals surface area contributed by atoms with Crippen molar-refractivity contribution in [1.29, 1.82) is 0 Å². The summed E-state index contributed by atoms with van der Waals surface area (Å²) in [5, 5.41) is 5.87. The zero-order valence-corrected chi connectivity index (χ0v) is 23.7. The van der Waals surface area contributed by atoms with E-state index in [1.807, 2.05) is 50.2 Å². The average Bonchev–Trinajstić information content (AvgIpc) is 3.36. The van der Waals surface area contributed by atoms with Gasteiger partial charge in [-0.3, -0.25) is 4.79 Å². The molecule has 2 N–H and O–H groups in total. The molecule has 0 fully saturated rings. The van der Waals surface area contributed by atoms with E-state index in [9.17, 15) is 9.59 Å². The van der Waals surface area contributed by atoms with Gasteiger partial charge in [-0.1, -0.05) is 71.7 Å². The van der Waals surface area contributed by atoms with Crippen LogP contribution in [-0.2, 0) is 0 Å². The number of hydrogen-bond acceptors (Lipinski definition) is 5. The highest BCUT2D eigenvalue weighted by molar-refractivity contribution is 6.34. The number of para-hydroxylation sites is 1. The van der Waals surface area contributed by atoms with E-state index in [1.165, 1.54) is 6.21 Å². The number of nitrogens with one attached hydrogen (secondary N) is 2. The number of carbonyl (C=O) groups excluding carboxylic acids is 2. The number of benzene rings is 4. The minimum Gasteiger partial charge on any atom is -0.490 e. The van der Waals surface area contributed by atoms with Crippen molar-refractivity contribution in [3.8, 4) is 22.6 Å². The van der Waals surface area contributed by atoms with Gasteiger partial charge in [0, 0.05) is 27.1 Å². The molecule has 1 aromatic heterocycles. The Kier molecular flexibility index (Phi) is 8.38. The molecular formula is C32H25Cl2N3O4. The largest absolute Gasteiger partial charge is 0.490 e. The van der Waals surface area contributed by atoms with E-state index in [-0.39, 0.29) is 16.3 Å². The maximum Gasteiger partial charge on any atom is 0.345 e. The Hall–Kier alpha value is -4.59. The molecule has 7 nitrogen and oxygen atoms in total. The second kappa shape index (κ2) is 12.3. The number of amides is 1. The molecule has 41 heavy (non-hydrogen) atoms. The standard InChI is InChI=1S/C32H25Cl2N3O4/c1-3-40-27-17-20(15-16-26(27)41-32(39)22-11-5-7-14-25(22)34)18-35-37-31(38)30-28(21-10-4-6-13-24(21)33)23-12-8-9-19(2)29(23)36-30/h4-18,36H,3H2,1-2H3,(H,37,38). The van der Waals surface area contributed by atoms with Gasteiger partial charge in [0.05, 0.1) is 23.4 Å². The fraction of sp³-hybridized carbons (Fsp3) is 0.0938. The van der Waals surface area contributed by atoms with Crippen LogP contribution >= 0.6 is 23.2 Å². The Balaban J connectivity index is 1.39. The van der Waals surface area contributed by atoms with Gasteiger partial charge in [0.15, 0.2) is 11.5 Å². The van der Waals surface area contributed by atoms with Crippen LogP contribution in [0.1, 0.15) is 38.9 Å². The van der Waals surface area contributed by atoms with Gasteiger partial charge in [-0.15, -0.1) is 0 Å². The number of esters is 1. The SMILES string of the molecule is CCOc1cc(C=NNC(=O)c2[nH]c3c(C)cccc3c2-c2ccccc2Cl)ccc1OC(=O)c1ccccc1Cl. The molecular weight excluding hydrogens is 561 g/mol. The summed E-state index contributed by atoms with van der Waals surface area (Å²) >= 11 is 12.6.